The molecular weight excluding hydrogens is 508 g/mol. The molecule has 1 heterocycles. The van der Waals surface area contributed by atoms with Gasteiger partial charge in [-0.3, -0.25) is 14.9 Å². The number of anilines is 1. The van der Waals surface area contributed by atoms with Gasteiger partial charge in [-0.15, -0.1) is 0 Å². The molecule has 1 aliphatic rings. The second-order valence-electron chi connectivity index (χ2n) is 11.0. The van der Waals surface area contributed by atoms with Crippen molar-refractivity contribution in [2.75, 3.05) is 4.90 Å². The number of nitrogens with one attached hydrogen (secondary N) is 1. The molecule has 210 valence electrons. The SMILES string of the molecule is CC(C)c1ccc(CN2C(=O)[C@@H](N[C@@H](Cc3ccccc3)C(=O)OCc3ccccc3)CCc3ccccc32)cc1. The molecule has 1 N–H and O–H groups in total. The van der Waals surface area contributed by atoms with Crippen LogP contribution >= 0.6 is 0 Å². The highest BCUT2D eigenvalue weighted by Crippen LogP contribution is 2.29. The molecule has 0 saturated carbocycles. The number of carbonyl (C=O) groups is 2. The Morgan fingerprint density at radius 1 is 0.829 bits per heavy atom. The summed E-state index contributed by atoms with van der Waals surface area (Å²) in [5.74, 6) is 0.0567. The van der Waals surface area contributed by atoms with E-state index in [1.165, 1.54) is 5.56 Å². The van der Waals surface area contributed by atoms with Crippen LogP contribution in [-0.2, 0) is 40.3 Å². The average molecular weight is 547 g/mol. The van der Waals surface area contributed by atoms with Gasteiger partial charge in [0.2, 0.25) is 5.91 Å². The minimum Gasteiger partial charge on any atom is -0.460 e. The van der Waals surface area contributed by atoms with Gasteiger partial charge in [0.05, 0.1) is 12.6 Å². The molecule has 0 saturated heterocycles. The largest absolute Gasteiger partial charge is 0.460 e. The van der Waals surface area contributed by atoms with E-state index in [1.807, 2.05) is 83.8 Å². The fourth-order valence-electron chi connectivity index (χ4n) is 5.36. The highest BCUT2D eigenvalue weighted by Gasteiger charge is 2.34. The lowest BCUT2D eigenvalue weighted by molar-refractivity contribution is -0.147. The molecule has 1 amide bonds. The van der Waals surface area contributed by atoms with Crippen LogP contribution in [0.1, 0.15) is 54.0 Å². The van der Waals surface area contributed by atoms with Crippen molar-refractivity contribution in [2.45, 2.75) is 64.3 Å². The molecule has 0 aromatic heterocycles. The van der Waals surface area contributed by atoms with Gasteiger partial charge in [-0.2, -0.15) is 0 Å². The van der Waals surface area contributed by atoms with Crippen molar-refractivity contribution >= 4 is 17.6 Å². The van der Waals surface area contributed by atoms with Crippen LogP contribution in [0, 0.1) is 0 Å². The summed E-state index contributed by atoms with van der Waals surface area (Å²) in [6.07, 6.45) is 1.76. The van der Waals surface area contributed by atoms with E-state index in [2.05, 4.69) is 49.5 Å². The van der Waals surface area contributed by atoms with Gasteiger partial charge in [-0.25, -0.2) is 0 Å². The maximum absolute atomic E-state index is 14.2. The van der Waals surface area contributed by atoms with Gasteiger partial charge >= 0.3 is 5.97 Å². The van der Waals surface area contributed by atoms with Gasteiger partial charge in [-0.1, -0.05) is 117 Å². The average Bonchev–Trinajstić information content (AvgIpc) is 3.13. The number of esters is 1. The van der Waals surface area contributed by atoms with E-state index in [1.54, 1.807) is 0 Å². The van der Waals surface area contributed by atoms with Crippen LogP contribution in [0.2, 0.25) is 0 Å². The summed E-state index contributed by atoms with van der Waals surface area (Å²) in [6.45, 7) is 5.01. The quantitative estimate of drug-likeness (QED) is 0.228. The van der Waals surface area contributed by atoms with Crippen LogP contribution in [0.4, 0.5) is 5.69 Å². The highest BCUT2D eigenvalue weighted by molar-refractivity contribution is 5.99. The number of nitrogens with zero attached hydrogens (tertiary/aromatic N) is 1. The Morgan fingerprint density at radius 3 is 2.15 bits per heavy atom. The van der Waals surface area contributed by atoms with E-state index in [4.69, 9.17) is 4.74 Å². The third-order valence-corrected chi connectivity index (χ3v) is 7.73. The normalized spacial score (nSPS) is 15.7. The summed E-state index contributed by atoms with van der Waals surface area (Å²) in [7, 11) is 0. The van der Waals surface area contributed by atoms with Crippen LogP contribution in [0.15, 0.2) is 109 Å². The first-order valence-corrected chi connectivity index (χ1v) is 14.5. The predicted molar refractivity (Wildman–Crippen MR) is 164 cm³/mol. The maximum Gasteiger partial charge on any atom is 0.323 e. The van der Waals surface area contributed by atoms with Crippen molar-refractivity contribution in [1.82, 2.24) is 5.32 Å². The Labute approximate surface area is 243 Å². The molecule has 0 aliphatic carbocycles. The smallest absolute Gasteiger partial charge is 0.323 e. The second kappa shape index (κ2) is 13.4. The van der Waals surface area contributed by atoms with Gasteiger partial charge in [0.1, 0.15) is 12.6 Å². The molecule has 4 aromatic carbocycles. The van der Waals surface area contributed by atoms with Crippen LogP contribution in [-0.4, -0.2) is 24.0 Å². The Hall–Kier alpha value is -4.22. The third-order valence-electron chi connectivity index (χ3n) is 7.73. The molecule has 0 spiro atoms. The Morgan fingerprint density at radius 2 is 1.46 bits per heavy atom. The molecule has 0 unspecified atom stereocenters. The van der Waals surface area contributed by atoms with E-state index in [0.29, 0.717) is 25.3 Å². The molecule has 41 heavy (non-hydrogen) atoms. The first-order chi connectivity index (χ1) is 20.0. The number of ether oxygens (including phenoxy) is 1. The summed E-state index contributed by atoms with van der Waals surface area (Å²) in [5.41, 5.74) is 6.34. The Kier molecular flexibility index (Phi) is 9.27. The van der Waals surface area contributed by atoms with Crippen molar-refractivity contribution in [3.63, 3.8) is 0 Å². The van der Waals surface area contributed by atoms with E-state index >= 15 is 0 Å². The minimum absolute atomic E-state index is 0.0307. The lowest BCUT2D eigenvalue weighted by Crippen LogP contribution is -2.52. The molecule has 0 fully saturated rings. The molecule has 1 aliphatic heterocycles. The van der Waals surface area contributed by atoms with Gasteiger partial charge < -0.3 is 9.64 Å². The number of aryl methyl sites for hydroxylation is 1. The number of fused-ring (bicyclic) bond motifs is 1. The van der Waals surface area contributed by atoms with Crippen LogP contribution in [0.25, 0.3) is 0 Å². The van der Waals surface area contributed by atoms with Gasteiger partial charge in [0.15, 0.2) is 0 Å². The van der Waals surface area contributed by atoms with Crippen molar-refractivity contribution in [3.8, 4) is 0 Å². The number of hydrogen-bond acceptors (Lipinski definition) is 4. The number of benzene rings is 4. The molecular formula is C36H38N2O3. The fourth-order valence-corrected chi connectivity index (χ4v) is 5.36. The molecule has 5 rings (SSSR count). The van der Waals surface area contributed by atoms with E-state index in [9.17, 15) is 9.59 Å². The van der Waals surface area contributed by atoms with E-state index in [-0.39, 0.29) is 18.5 Å². The van der Waals surface area contributed by atoms with Crippen LogP contribution in [0.3, 0.4) is 0 Å². The number of hydrogen-bond donors (Lipinski definition) is 1. The number of carbonyl (C=O) groups excluding carboxylic acids is 2. The predicted octanol–water partition coefficient (Wildman–Crippen LogP) is 6.60. The molecule has 0 radical (unpaired) electrons. The Balaban J connectivity index is 1.38. The standard InChI is InChI=1S/C36H38N2O3/c1-26(2)30-19-17-28(18-20-30)24-38-34-16-10-9-15-31(34)21-22-32(35(38)39)37-33(23-27-11-5-3-6-12-27)36(40)41-25-29-13-7-4-8-14-29/h3-20,26,32-33,37H,21-25H2,1-2H3/t32-,33-/m0/s1. The summed E-state index contributed by atoms with van der Waals surface area (Å²) in [4.78, 5) is 29.5. The number of rotatable bonds is 10. The minimum atomic E-state index is -0.663. The zero-order valence-corrected chi connectivity index (χ0v) is 23.8. The monoisotopic (exact) mass is 546 g/mol. The van der Waals surface area contributed by atoms with Gasteiger partial charge in [-0.05, 0) is 59.1 Å². The zero-order valence-electron chi connectivity index (χ0n) is 23.8. The second-order valence-corrected chi connectivity index (χ2v) is 11.0. The van der Waals surface area contributed by atoms with Crippen molar-refractivity contribution < 1.29 is 14.3 Å². The maximum atomic E-state index is 14.2. The van der Waals surface area contributed by atoms with Crippen molar-refractivity contribution in [1.29, 1.82) is 0 Å². The first kappa shape index (κ1) is 28.3. The number of para-hydroxylation sites is 1. The van der Waals surface area contributed by atoms with E-state index < -0.39 is 12.1 Å². The van der Waals surface area contributed by atoms with Crippen LogP contribution in [0.5, 0.6) is 0 Å². The fraction of sp³-hybridized carbons (Fsp3) is 0.278. The third kappa shape index (κ3) is 7.30. The van der Waals surface area contributed by atoms with Crippen molar-refractivity contribution in [3.05, 3.63) is 137 Å². The molecule has 0 bridgehead atoms. The lowest BCUT2D eigenvalue weighted by Gasteiger charge is -2.29. The van der Waals surface area contributed by atoms with Crippen LogP contribution < -0.4 is 10.2 Å². The lowest BCUT2D eigenvalue weighted by atomic mass is 10.0. The molecule has 5 heteroatoms. The van der Waals surface area contributed by atoms with Gasteiger partial charge in [0, 0.05) is 5.69 Å². The summed E-state index contributed by atoms with van der Waals surface area (Å²) >= 11 is 0. The summed E-state index contributed by atoms with van der Waals surface area (Å²) in [5, 5.41) is 3.44. The molecule has 2 atom stereocenters. The first-order valence-electron chi connectivity index (χ1n) is 14.5. The zero-order chi connectivity index (χ0) is 28.6. The summed E-state index contributed by atoms with van der Waals surface area (Å²) < 4.78 is 5.76. The van der Waals surface area contributed by atoms with E-state index in [0.717, 1.165) is 34.4 Å². The Bertz CT molecular complexity index is 1430. The number of amides is 1. The topological polar surface area (TPSA) is 58.6 Å². The molecule has 4 aromatic rings. The molecule has 5 nitrogen and oxygen atoms in total. The highest BCUT2D eigenvalue weighted by atomic mass is 16.5. The van der Waals surface area contributed by atoms with Gasteiger partial charge in [0.25, 0.3) is 0 Å². The summed E-state index contributed by atoms with van der Waals surface area (Å²) in [6, 6.07) is 34.9. The van der Waals surface area contributed by atoms with Crippen molar-refractivity contribution in [2.24, 2.45) is 0 Å².